The van der Waals surface area contributed by atoms with Crippen molar-refractivity contribution in [1.29, 1.82) is 0 Å². The highest BCUT2D eigenvalue weighted by Crippen LogP contribution is 2.44. The highest BCUT2D eigenvalue weighted by molar-refractivity contribution is 5.79. The summed E-state index contributed by atoms with van der Waals surface area (Å²) in [6.07, 6.45) is 6.03. The molecule has 1 heterocycles. The van der Waals surface area contributed by atoms with Gasteiger partial charge in [0.25, 0.3) is 0 Å². The van der Waals surface area contributed by atoms with Crippen molar-refractivity contribution < 1.29 is 9.90 Å². The minimum Gasteiger partial charge on any atom is -0.548 e. The smallest absolute Gasteiger partial charge is 0.0698 e. The van der Waals surface area contributed by atoms with Crippen molar-refractivity contribution in [1.82, 2.24) is 0 Å². The molecular weight excluding hydrogens is 226 g/mol. The fourth-order valence-corrected chi connectivity index (χ4v) is 3.10. The summed E-state index contributed by atoms with van der Waals surface area (Å²) in [5.74, 6) is -0.691. The fourth-order valence-electron chi connectivity index (χ4n) is 3.10. The van der Waals surface area contributed by atoms with Crippen molar-refractivity contribution >= 4 is 11.7 Å². The second kappa shape index (κ2) is 4.16. The molecule has 0 bridgehead atoms. The minimum absolute atomic E-state index is 0.0922. The highest BCUT2D eigenvalue weighted by atomic mass is 16.4. The van der Waals surface area contributed by atoms with Crippen molar-refractivity contribution in [2.24, 2.45) is 5.92 Å². The molecule has 2 aliphatic rings. The molecule has 0 radical (unpaired) electrons. The third-order valence-corrected chi connectivity index (χ3v) is 4.09. The van der Waals surface area contributed by atoms with Gasteiger partial charge in [-0.25, -0.2) is 0 Å². The number of aryl methyl sites for hydroxylation is 1. The maximum Gasteiger partial charge on any atom is 0.0698 e. The molecule has 18 heavy (non-hydrogen) atoms. The van der Waals surface area contributed by atoms with Gasteiger partial charge in [0.1, 0.15) is 0 Å². The van der Waals surface area contributed by atoms with Gasteiger partial charge in [-0.15, -0.1) is 0 Å². The van der Waals surface area contributed by atoms with Crippen LogP contribution in [0.2, 0.25) is 0 Å². The van der Waals surface area contributed by atoms with Gasteiger partial charge in [-0.05, 0) is 36.0 Å². The van der Waals surface area contributed by atoms with Crippen LogP contribution in [0.15, 0.2) is 30.4 Å². The van der Waals surface area contributed by atoms with Gasteiger partial charge >= 0.3 is 0 Å². The molecule has 1 aliphatic heterocycles. The Morgan fingerprint density at radius 2 is 2.33 bits per heavy atom. The lowest BCUT2D eigenvalue weighted by Gasteiger charge is -2.37. The Morgan fingerprint density at radius 1 is 1.50 bits per heavy atom. The number of carbonyl (C=O) groups excluding carboxylic acids is 1. The number of allylic oxidation sites excluding steroid dienone is 2. The van der Waals surface area contributed by atoms with E-state index in [0.29, 0.717) is 0 Å². The zero-order valence-corrected chi connectivity index (χ0v) is 10.3. The number of fused-ring (bicyclic) bond motifs is 3. The SMILES string of the molecule is CCc1ccc2c(c1)[C@@H]1C=CC[C@@H]1[C@H](C(=O)[O-])N2. The molecule has 3 rings (SSSR count). The van der Waals surface area contributed by atoms with E-state index in [-0.39, 0.29) is 11.8 Å². The molecule has 0 spiro atoms. The lowest BCUT2D eigenvalue weighted by atomic mass is 9.79. The number of hydrogen-bond acceptors (Lipinski definition) is 3. The first kappa shape index (κ1) is 11.3. The molecule has 1 N–H and O–H groups in total. The number of nitrogens with one attached hydrogen (secondary N) is 1. The van der Waals surface area contributed by atoms with Crippen LogP contribution in [0.5, 0.6) is 0 Å². The first-order valence-corrected chi connectivity index (χ1v) is 6.47. The van der Waals surface area contributed by atoms with Gasteiger partial charge in [-0.3, -0.25) is 0 Å². The van der Waals surface area contributed by atoms with Gasteiger partial charge in [-0.2, -0.15) is 0 Å². The summed E-state index contributed by atoms with van der Waals surface area (Å²) >= 11 is 0. The van der Waals surface area contributed by atoms with Gasteiger partial charge < -0.3 is 15.2 Å². The van der Waals surface area contributed by atoms with Crippen LogP contribution in [-0.4, -0.2) is 12.0 Å². The lowest BCUT2D eigenvalue weighted by Crippen LogP contribution is -2.48. The van der Waals surface area contributed by atoms with E-state index in [0.717, 1.165) is 18.5 Å². The number of carbonyl (C=O) groups is 1. The summed E-state index contributed by atoms with van der Waals surface area (Å²) in [4.78, 5) is 11.2. The Morgan fingerprint density at radius 3 is 3.06 bits per heavy atom. The lowest BCUT2D eigenvalue weighted by molar-refractivity contribution is -0.308. The van der Waals surface area contributed by atoms with E-state index >= 15 is 0 Å². The van der Waals surface area contributed by atoms with Crippen LogP contribution in [-0.2, 0) is 11.2 Å². The molecule has 0 fully saturated rings. The fraction of sp³-hybridized carbons (Fsp3) is 0.400. The number of benzene rings is 1. The molecule has 1 aliphatic carbocycles. The second-order valence-corrected chi connectivity index (χ2v) is 5.07. The van der Waals surface area contributed by atoms with Crippen molar-refractivity contribution in [2.75, 3.05) is 5.32 Å². The van der Waals surface area contributed by atoms with Crippen LogP contribution in [0.3, 0.4) is 0 Å². The van der Waals surface area contributed by atoms with Crippen LogP contribution in [0.4, 0.5) is 5.69 Å². The number of hydrogen-bond donors (Lipinski definition) is 1. The van der Waals surface area contributed by atoms with Crippen LogP contribution in [0.1, 0.15) is 30.4 Å². The molecular formula is C15H16NO2-. The van der Waals surface area contributed by atoms with E-state index in [1.54, 1.807) is 0 Å². The quantitative estimate of drug-likeness (QED) is 0.799. The van der Waals surface area contributed by atoms with E-state index in [1.165, 1.54) is 11.1 Å². The van der Waals surface area contributed by atoms with Crippen LogP contribution < -0.4 is 10.4 Å². The average Bonchev–Trinajstić information content (AvgIpc) is 2.86. The third-order valence-electron chi connectivity index (χ3n) is 4.09. The predicted octanol–water partition coefficient (Wildman–Crippen LogP) is 1.45. The van der Waals surface area contributed by atoms with Gasteiger partial charge in [0, 0.05) is 11.6 Å². The van der Waals surface area contributed by atoms with E-state index in [4.69, 9.17) is 0 Å². The van der Waals surface area contributed by atoms with Gasteiger partial charge in [0.15, 0.2) is 0 Å². The van der Waals surface area contributed by atoms with E-state index in [2.05, 4.69) is 36.5 Å². The van der Waals surface area contributed by atoms with Crippen LogP contribution in [0, 0.1) is 5.92 Å². The molecule has 3 nitrogen and oxygen atoms in total. The topological polar surface area (TPSA) is 52.2 Å². The summed E-state index contributed by atoms with van der Waals surface area (Å²) in [6.45, 7) is 2.13. The van der Waals surface area contributed by atoms with E-state index in [9.17, 15) is 9.90 Å². The largest absolute Gasteiger partial charge is 0.548 e. The van der Waals surface area contributed by atoms with Crippen LogP contribution >= 0.6 is 0 Å². The summed E-state index contributed by atoms with van der Waals surface area (Å²) in [5.41, 5.74) is 3.46. The molecule has 0 saturated heterocycles. The molecule has 1 aromatic rings. The summed E-state index contributed by atoms with van der Waals surface area (Å²) < 4.78 is 0. The molecule has 1 aromatic carbocycles. The Bertz CT molecular complexity index is 521. The third kappa shape index (κ3) is 1.62. The Kier molecular flexibility index (Phi) is 2.62. The zero-order valence-electron chi connectivity index (χ0n) is 10.3. The number of anilines is 1. The zero-order chi connectivity index (χ0) is 12.7. The number of carboxylic acid groups (broad SMARTS) is 1. The highest BCUT2D eigenvalue weighted by Gasteiger charge is 2.37. The molecule has 94 valence electrons. The molecule has 0 aromatic heterocycles. The molecule has 3 heteroatoms. The van der Waals surface area contributed by atoms with E-state index < -0.39 is 12.0 Å². The van der Waals surface area contributed by atoms with Crippen molar-refractivity contribution in [3.63, 3.8) is 0 Å². The number of carboxylic acids is 1. The Balaban J connectivity index is 2.06. The summed E-state index contributed by atoms with van der Waals surface area (Å²) in [7, 11) is 0. The predicted molar refractivity (Wildman–Crippen MR) is 68.2 cm³/mol. The van der Waals surface area contributed by atoms with Gasteiger partial charge in [0.05, 0.1) is 12.0 Å². The maximum atomic E-state index is 11.2. The monoisotopic (exact) mass is 242 g/mol. The number of aliphatic carboxylic acids is 1. The normalized spacial score (nSPS) is 28.4. The Labute approximate surface area is 107 Å². The Hall–Kier alpha value is -1.77. The van der Waals surface area contributed by atoms with Gasteiger partial charge in [-0.1, -0.05) is 31.2 Å². The van der Waals surface area contributed by atoms with Crippen LogP contribution in [0.25, 0.3) is 0 Å². The minimum atomic E-state index is -1.00. The summed E-state index contributed by atoms with van der Waals surface area (Å²) in [6, 6.07) is 5.66. The van der Waals surface area contributed by atoms with Crippen molar-refractivity contribution in [2.45, 2.75) is 31.7 Å². The average molecular weight is 242 g/mol. The summed E-state index contributed by atoms with van der Waals surface area (Å²) in [5, 5.41) is 14.3. The molecule has 3 atom stereocenters. The molecule has 0 unspecified atom stereocenters. The standard InChI is InChI=1S/C15H17NO2/c1-2-9-6-7-13-12(8-9)10-4-3-5-11(10)14(16-13)15(17)18/h3-4,6-8,10-11,14,16H,2,5H2,1H3,(H,17,18)/p-1/t10-,11+,14-/m1/s1. The number of rotatable bonds is 2. The van der Waals surface area contributed by atoms with Gasteiger partial charge in [0.2, 0.25) is 0 Å². The first-order chi connectivity index (χ1) is 8.70. The van der Waals surface area contributed by atoms with E-state index in [1.807, 2.05) is 6.07 Å². The second-order valence-electron chi connectivity index (χ2n) is 5.07. The van der Waals surface area contributed by atoms with Crippen molar-refractivity contribution in [3.8, 4) is 0 Å². The molecule has 0 saturated carbocycles. The first-order valence-electron chi connectivity index (χ1n) is 6.47. The molecule has 0 amide bonds. The maximum absolute atomic E-state index is 11.2. The van der Waals surface area contributed by atoms with Crippen molar-refractivity contribution in [3.05, 3.63) is 41.5 Å².